The summed E-state index contributed by atoms with van der Waals surface area (Å²) in [5.74, 6) is 6.22. The number of halogens is 1. The second-order valence-corrected chi connectivity index (χ2v) is 4.95. The molecule has 19 heavy (non-hydrogen) atoms. The van der Waals surface area contributed by atoms with Crippen LogP contribution in [0.1, 0.15) is 36.8 Å². The second kappa shape index (κ2) is 7.28. The lowest BCUT2D eigenvalue weighted by atomic mass is 9.83. The molecule has 1 aromatic carbocycles. The Kier molecular flexibility index (Phi) is 5.38. The lowest BCUT2D eigenvalue weighted by molar-refractivity contribution is 0.0948. The van der Waals surface area contributed by atoms with Crippen molar-refractivity contribution in [2.75, 3.05) is 13.2 Å². The van der Waals surface area contributed by atoms with Crippen molar-refractivity contribution < 1.29 is 9.13 Å². The Balaban J connectivity index is 1.87. The molecule has 0 aromatic heterocycles. The van der Waals surface area contributed by atoms with Gasteiger partial charge in [-0.15, -0.1) is 0 Å². The van der Waals surface area contributed by atoms with Crippen molar-refractivity contribution in [3.05, 3.63) is 35.1 Å². The van der Waals surface area contributed by atoms with Gasteiger partial charge in [0, 0.05) is 12.2 Å². The summed E-state index contributed by atoms with van der Waals surface area (Å²) in [6, 6.07) is 4.62. The smallest absolute Gasteiger partial charge is 0.124 e. The lowest BCUT2D eigenvalue weighted by Gasteiger charge is -2.24. The predicted octanol–water partition coefficient (Wildman–Crippen LogP) is 2.84. The molecule has 1 saturated carbocycles. The molecular weight excluding hydrogens is 241 g/mol. The summed E-state index contributed by atoms with van der Waals surface area (Å²) >= 11 is 0. The zero-order chi connectivity index (χ0) is 13.5. The summed E-state index contributed by atoms with van der Waals surface area (Å²) < 4.78 is 18.8. The molecule has 0 amide bonds. The van der Waals surface area contributed by atoms with E-state index in [1.54, 1.807) is 6.07 Å². The molecule has 0 atom stereocenters. The molecule has 0 radical (unpaired) electrons. The van der Waals surface area contributed by atoms with Crippen LogP contribution >= 0.6 is 0 Å². The molecule has 0 aliphatic heterocycles. The van der Waals surface area contributed by atoms with Crippen LogP contribution in [0.15, 0.2) is 18.2 Å². The fourth-order valence-electron chi connectivity index (χ4n) is 2.15. The minimum atomic E-state index is -0.278. The van der Waals surface area contributed by atoms with Gasteiger partial charge < -0.3 is 10.5 Å². The van der Waals surface area contributed by atoms with E-state index in [0.717, 1.165) is 24.5 Å². The maximum absolute atomic E-state index is 13.2. The van der Waals surface area contributed by atoms with Gasteiger partial charge in [-0.1, -0.05) is 37.2 Å². The Morgan fingerprint density at radius 3 is 2.89 bits per heavy atom. The first-order valence-electron chi connectivity index (χ1n) is 6.84. The van der Waals surface area contributed by atoms with Gasteiger partial charge in [-0.25, -0.2) is 4.39 Å². The van der Waals surface area contributed by atoms with Gasteiger partial charge in [0.05, 0.1) is 13.2 Å². The van der Waals surface area contributed by atoms with Crippen molar-refractivity contribution in [3.8, 4) is 11.8 Å². The zero-order valence-corrected chi connectivity index (χ0v) is 11.1. The quantitative estimate of drug-likeness (QED) is 0.653. The highest BCUT2D eigenvalue weighted by atomic mass is 19.1. The van der Waals surface area contributed by atoms with E-state index in [-0.39, 0.29) is 12.4 Å². The highest BCUT2D eigenvalue weighted by molar-refractivity contribution is 5.41. The molecule has 2 rings (SSSR count). The van der Waals surface area contributed by atoms with Gasteiger partial charge in [-0.05, 0) is 30.0 Å². The van der Waals surface area contributed by atoms with Crippen molar-refractivity contribution in [2.45, 2.75) is 32.3 Å². The number of ether oxygens (including phenoxy) is 1. The average molecular weight is 261 g/mol. The van der Waals surface area contributed by atoms with Crippen LogP contribution in [0.3, 0.4) is 0 Å². The van der Waals surface area contributed by atoms with Crippen LogP contribution in [-0.2, 0) is 11.3 Å². The van der Waals surface area contributed by atoms with Crippen LogP contribution in [0.4, 0.5) is 4.39 Å². The van der Waals surface area contributed by atoms with Gasteiger partial charge in [-0.2, -0.15) is 0 Å². The van der Waals surface area contributed by atoms with Crippen molar-refractivity contribution in [1.29, 1.82) is 0 Å². The third kappa shape index (κ3) is 4.34. The molecular formula is C16H20FNO. The molecule has 3 heteroatoms. The maximum Gasteiger partial charge on any atom is 0.124 e. The summed E-state index contributed by atoms with van der Waals surface area (Å²) in [5, 5.41) is 0. The van der Waals surface area contributed by atoms with E-state index in [0.29, 0.717) is 12.2 Å². The molecule has 1 aliphatic rings. The van der Waals surface area contributed by atoms with Crippen LogP contribution in [0.25, 0.3) is 0 Å². The van der Waals surface area contributed by atoms with Crippen molar-refractivity contribution in [2.24, 2.45) is 11.7 Å². The second-order valence-electron chi connectivity index (χ2n) is 4.95. The van der Waals surface area contributed by atoms with Gasteiger partial charge in [-0.3, -0.25) is 0 Å². The number of benzene rings is 1. The van der Waals surface area contributed by atoms with Crippen LogP contribution in [-0.4, -0.2) is 13.2 Å². The first kappa shape index (κ1) is 14.0. The molecule has 102 valence electrons. The van der Waals surface area contributed by atoms with Crippen LogP contribution in [0.2, 0.25) is 0 Å². The van der Waals surface area contributed by atoms with E-state index in [4.69, 9.17) is 10.5 Å². The number of hydrogen-bond acceptors (Lipinski definition) is 2. The molecule has 1 fully saturated rings. The van der Waals surface area contributed by atoms with E-state index >= 15 is 0 Å². The van der Waals surface area contributed by atoms with Crippen LogP contribution in [0.5, 0.6) is 0 Å². The fraction of sp³-hybridized carbons (Fsp3) is 0.500. The third-order valence-electron chi connectivity index (χ3n) is 3.55. The minimum Gasteiger partial charge on any atom is -0.377 e. The molecule has 0 spiro atoms. The fourth-order valence-corrected chi connectivity index (χ4v) is 2.15. The summed E-state index contributed by atoms with van der Waals surface area (Å²) in [4.78, 5) is 0. The minimum absolute atomic E-state index is 0.276. The molecule has 2 nitrogen and oxygen atoms in total. The van der Waals surface area contributed by atoms with Gasteiger partial charge >= 0.3 is 0 Å². The lowest BCUT2D eigenvalue weighted by Crippen LogP contribution is -2.13. The van der Waals surface area contributed by atoms with Crippen LogP contribution in [0, 0.1) is 23.6 Å². The molecule has 0 heterocycles. The standard InChI is InChI=1S/C16H20FNO/c17-16-7-6-15(14(11-16)5-2-9-18)12-19-10-8-13-3-1-4-13/h6-7,11,13H,1,3-4,8-10,12,18H2. The first-order chi connectivity index (χ1) is 9.29. The Morgan fingerprint density at radius 2 is 2.21 bits per heavy atom. The van der Waals surface area contributed by atoms with E-state index in [1.807, 2.05) is 0 Å². The monoisotopic (exact) mass is 261 g/mol. The van der Waals surface area contributed by atoms with E-state index in [2.05, 4.69) is 11.8 Å². The van der Waals surface area contributed by atoms with Gasteiger partial charge in [0.15, 0.2) is 0 Å². The van der Waals surface area contributed by atoms with E-state index in [1.165, 1.54) is 31.4 Å². The van der Waals surface area contributed by atoms with Crippen molar-refractivity contribution in [3.63, 3.8) is 0 Å². The van der Waals surface area contributed by atoms with E-state index in [9.17, 15) is 4.39 Å². The molecule has 1 aliphatic carbocycles. The van der Waals surface area contributed by atoms with Gasteiger partial charge in [0.25, 0.3) is 0 Å². The number of nitrogens with two attached hydrogens (primary N) is 1. The van der Waals surface area contributed by atoms with E-state index < -0.39 is 0 Å². The highest BCUT2D eigenvalue weighted by Gasteiger charge is 2.16. The Labute approximate surface area is 114 Å². The van der Waals surface area contributed by atoms with Crippen LogP contribution < -0.4 is 5.73 Å². The number of hydrogen-bond donors (Lipinski definition) is 1. The molecule has 0 unspecified atom stereocenters. The molecule has 1 aromatic rings. The molecule has 0 bridgehead atoms. The van der Waals surface area contributed by atoms with Gasteiger partial charge in [0.1, 0.15) is 5.82 Å². The largest absolute Gasteiger partial charge is 0.377 e. The maximum atomic E-state index is 13.2. The molecule has 2 N–H and O–H groups in total. The number of rotatable bonds is 5. The topological polar surface area (TPSA) is 35.2 Å². The Bertz CT molecular complexity index is 471. The average Bonchev–Trinajstić information content (AvgIpc) is 2.35. The summed E-state index contributed by atoms with van der Waals surface area (Å²) in [6.07, 6.45) is 5.17. The normalized spacial score (nSPS) is 14.6. The van der Waals surface area contributed by atoms with Gasteiger partial charge in [0.2, 0.25) is 0 Å². The Morgan fingerprint density at radius 1 is 1.37 bits per heavy atom. The summed E-state index contributed by atoms with van der Waals surface area (Å²) in [6.45, 7) is 1.53. The summed E-state index contributed by atoms with van der Waals surface area (Å²) in [5.41, 5.74) is 6.94. The first-order valence-corrected chi connectivity index (χ1v) is 6.84. The Hall–Kier alpha value is -1.37. The highest BCUT2D eigenvalue weighted by Crippen LogP contribution is 2.29. The van der Waals surface area contributed by atoms with Crippen molar-refractivity contribution >= 4 is 0 Å². The predicted molar refractivity (Wildman–Crippen MR) is 73.9 cm³/mol. The SMILES string of the molecule is NCC#Cc1cc(F)ccc1COCCC1CCC1. The zero-order valence-electron chi connectivity index (χ0n) is 11.1. The third-order valence-corrected chi connectivity index (χ3v) is 3.55. The summed E-state index contributed by atoms with van der Waals surface area (Å²) in [7, 11) is 0. The molecule has 0 saturated heterocycles. The van der Waals surface area contributed by atoms with Crippen molar-refractivity contribution in [1.82, 2.24) is 0 Å².